The lowest BCUT2D eigenvalue weighted by molar-refractivity contribution is -0.130. The van der Waals surface area contributed by atoms with Crippen LogP contribution < -0.4 is 0 Å². The van der Waals surface area contributed by atoms with E-state index in [2.05, 4.69) is 0 Å². The molecule has 100 valence electrons. The largest absolute Gasteiger partial charge is 0.391 e. The van der Waals surface area contributed by atoms with Crippen LogP contribution >= 0.6 is 34.5 Å². The SMILES string of the molecule is O=C(CCCc1cc(Cl)sc1Cl)N1CC[C@H](O)C1. The lowest BCUT2D eigenvalue weighted by atomic mass is 10.1. The third kappa shape index (κ3) is 3.60. The summed E-state index contributed by atoms with van der Waals surface area (Å²) in [6, 6.07) is 1.86. The van der Waals surface area contributed by atoms with E-state index >= 15 is 0 Å². The number of rotatable bonds is 4. The number of likely N-dealkylation sites (tertiary alicyclic amines) is 1. The van der Waals surface area contributed by atoms with Gasteiger partial charge < -0.3 is 10.0 Å². The van der Waals surface area contributed by atoms with Crippen LogP contribution in [-0.4, -0.2) is 35.1 Å². The second-order valence-corrected chi connectivity index (χ2v) is 6.77. The van der Waals surface area contributed by atoms with E-state index in [1.165, 1.54) is 11.3 Å². The zero-order valence-corrected chi connectivity index (χ0v) is 12.2. The van der Waals surface area contributed by atoms with Crippen molar-refractivity contribution in [1.82, 2.24) is 4.90 Å². The highest BCUT2D eigenvalue weighted by Gasteiger charge is 2.23. The molecule has 18 heavy (non-hydrogen) atoms. The number of carbonyl (C=O) groups excluding carboxylic acids is 1. The summed E-state index contributed by atoms with van der Waals surface area (Å²) < 4.78 is 1.40. The first-order valence-corrected chi connectivity index (χ1v) is 7.53. The Morgan fingerprint density at radius 1 is 1.56 bits per heavy atom. The van der Waals surface area contributed by atoms with Crippen molar-refractivity contribution in [2.75, 3.05) is 13.1 Å². The number of amides is 1. The maximum atomic E-state index is 11.8. The predicted octanol–water partition coefficient (Wildman–Crippen LogP) is 2.97. The van der Waals surface area contributed by atoms with Crippen LogP contribution in [0.15, 0.2) is 6.07 Å². The van der Waals surface area contributed by atoms with Crippen LogP contribution in [0.2, 0.25) is 8.67 Å². The first kappa shape index (κ1) is 14.1. The maximum Gasteiger partial charge on any atom is 0.222 e. The molecule has 1 amide bonds. The Hall–Kier alpha value is -0.290. The fourth-order valence-corrected chi connectivity index (χ4v) is 3.65. The van der Waals surface area contributed by atoms with Crippen LogP contribution in [0.4, 0.5) is 0 Å². The van der Waals surface area contributed by atoms with Crippen molar-refractivity contribution in [2.45, 2.75) is 31.8 Å². The highest BCUT2D eigenvalue weighted by Crippen LogP contribution is 2.32. The summed E-state index contributed by atoms with van der Waals surface area (Å²) >= 11 is 13.2. The molecule has 0 bridgehead atoms. The summed E-state index contributed by atoms with van der Waals surface area (Å²) in [4.78, 5) is 13.6. The molecule has 0 aliphatic carbocycles. The van der Waals surface area contributed by atoms with Gasteiger partial charge in [-0.2, -0.15) is 0 Å². The second-order valence-electron chi connectivity index (χ2n) is 4.49. The molecule has 0 saturated carbocycles. The lowest BCUT2D eigenvalue weighted by Crippen LogP contribution is -2.29. The van der Waals surface area contributed by atoms with Crippen LogP contribution in [0.5, 0.6) is 0 Å². The molecule has 6 heteroatoms. The van der Waals surface area contributed by atoms with Gasteiger partial charge in [-0.05, 0) is 30.9 Å². The molecule has 0 spiro atoms. The average Bonchev–Trinajstić information content (AvgIpc) is 2.86. The molecule has 1 fully saturated rings. The second kappa shape index (κ2) is 6.24. The zero-order valence-electron chi connectivity index (χ0n) is 9.86. The number of aliphatic hydroxyl groups excluding tert-OH is 1. The third-order valence-electron chi connectivity index (χ3n) is 3.08. The molecule has 1 aliphatic rings. The van der Waals surface area contributed by atoms with E-state index in [4.69, 9.17) is 23.2 Å². The van der Waals surface area contributed by atoms with E-state index in [-0.39, 0.29) is 12.0 Å². The lowest BCUT2D eigenvalue weighted by Gasteiger charge is -2.15. The van der Waals surface area contributed by atoms with E-state index in [9.17, 15) is 9.90 Å². The van der Waals surface area contributed by atoms with Crippen molar-refractivity contribution >= 4 is 40.4 Å². The summed E-state index contributed by atoms with van der Waals surface area (Å²) in [6.45, 7) is 1.15. The van der Waals surface area contributed by atoms with Crippen molar-refractivity contribution in [2.24, 2.45) is 0 Å². The Balaban J connectivity index is 1.75. The fraction of sp³-hybridized carbons (Fsp3) is 0.583. The highest BCUT2D eigenvalue weighted by molar-refractivity contribution is 7.20. The smallest absolute Gasteiger partial charge is 0.222 e. The number of aryl methyl sites for hydroxylation is 1. The van der Waals surface area contributed by atoms with Gasteiger partial charge in [-0.15, -0.1) is 11.3 Å². The molecule has 1 aromatic rings. The molecule has 3 nitrogen and oxygen atoms in total. The maximum absolute atomic E-state index is 11.8. The third-order valence-corrected chi connectivity index (χ3v) is 4.65. The number of halogens is 2. The van der Waals surface area contributed by atoms with Gasteiger partial charge in [0.25, 0.3) is 0 Å². The van der Waals surface area contributed by atoms with E-state index in [1.54, 1.807) is 4.90 Å². The number of hydrogen-bond acceptors (Lipinski definition) is 3. The summed E-state index contributed by atoms with van der Waals surface area (Å²) in [7, 11) is 0. The molecular weight excluding hydrogens is 293 g/mol. The minimum Gasteiger partial charge on any atom is -0.391 e. The number of hydrogen-bond donors (Lipinski definition) is 1. The Bertz CT molecular complexity index is 436. The molecule has 1 atom stereocenters. The molecule has 1 aromatic heterocycles. The summed E-state index contributed by atoms with van der Waals surface area (Å²) in [6.07, 6.45) is 2.37. The van der Waals surface area contributed by atoms with Crippen molar-refractivity contribution < 1.29 is 9.90 Å². The molecule has 1 aliphatic heterocycles. The standard InChI is InChI=1S/C12H15Cl2NO2S/c13-10-6-8(12(14)18-10)2-1-3-11(17)15-5-4-9(16)7-15/h6,9,16H,1-5,7H2/t9-/m0/s1. The average molecular weight is 308 g/mol. The van der Waals surface area contributed by atoms with Crippen LogP contribution in [0, 0.1) is 0 Å². The van der Waals surface area contributed by atoms with Gasteiger partial charge in [-0.25, -0.2) is 0 Å². The molecular formula is C12H15Cl2NO2S. The topological polar surface area (TPSA) is 40.5 Å². The van der Waals surface area contributed by atoms with Gasteiger partial charge in [0.1, 0.15) is 0 Å². The number of carbonyl (C=O) groups is 1. The van der Waals surface area contributed by atoms with Gasteiger partial charge in [0, 0.05) is 19.5 Å². The number of nitrogens with zero attached hydrogens (tertiary/aromatic N) is 1. The van der Waals surface area contributed by atoms with Crippen molar-refractivity contribution in [1.29, 1.82) is 0 Å². The van der Waals surface area contributed by atoms with Gasteiger partial charge >= 0.3 is 0 Å². The first-order chi connectivity index (χ1) is 8.56. The Labute approximate surface area is 120 Å². The van der Waals surface area contributed by atoms with Gasteiger partial charge in [0.05, 0.1) is 14.8 Å². The first-order valence-electron chi connectivity index (χ1n) is 5.96. The number of thiophene rings is 1. The Morgan fingerprint density at radius 3 is 2.89 bits per heavy atom. The number of β-amino-alcohol motifs (C(OH)–C–C–N with tert-alkyl or cyclic N) is 1. The van der Waals surface area contributed by atoms with Gasteiger partial charge in [0.15, 0.2) is 0 Å². The van der Waals surface area contributed by atoms with Crippen LogP contribution in [0.3, 0.4) is 0 Å². The molecule has 2 rings (SSSR count). The Kier molecular flexibility index (Phi) is 4.90. The predicted molar refractivity (Wildman–Crippen MR) is 74.5 cm³/mol. The molecule has 1 N–H and O–H groups in total. The Morgan fingerprint density at radius 2 is 2.33 bits per heavy atom. The van der Waals surface area contributed by atoms with E-state index < -0.39 is 0 Å². The summed E-state index contributed by atoms with van der Waals surface area (Å²) in [5.74, 6) is 0.115. The van der Waals surface area contributed by atoms with Crippen molar-refractivity contribution in [3.05, 3.63) is 20.3 Å². The van der Waals surface area contributed by atoms with E-state index in [1.807, 2.05) is 6.07 Å². The quantitative estimate of drug-likeness (QED) is 0.929. The van der Waals surface area contributed by atoms with Crippen molar-refractivity contribution in [3.63, 3.8) is 0 Å². The monoisotopic (exact) mass is 307 g/mol. The molecule has 0 aromatic carbocycles. The van der Waals surface area contributed by atoms with Gasteiger partial charge in [-0.1, -0.05) is 23.2 Å². The van der Waals surface area contributed by atoms with E-state index in [0.717, 1.165) is 18.4 Å². The van der Waals surface area contributed by atoms with Crippen LogP contribution in [-0.2, 0) is 11.2 Å². The van der Waals surface area contributed by atoms with Gasteiger partial charge in [-0.3, -0.25) is 4.79 Å². The van der Waals surface area contributed by atoms with Crippen LogP contribution in [0.1, 0.15) is 24.8 Å². The fourth-order valence-electron chi connectivity index (χ4n) is 2.10. The molecule has 2 heterocycles. The zero-order chi connectivity index (χ0) is 13.1. The minimum absolute atomic E-state index is 0.115. The normalized spacial score (nSPS) is 19.5. The molecule has 1 saturated heterocycles. The molecule has 0 radical (unpaired) electrons. The summed E-state index contributed by atoms with van der Waals surface area (Å²) in [5, 5.41) is 9.37. The van der Waals surface area contributed by atoms with Crippen LogP contribution in [0.25, 0.3) is 0 Å². The van der Waals surface area contributed by atoms with Gasteiger partial charge in [0.2, 0.25) is 5.91 Å². The van der Waals surface area contributed by atoms with Crippen molar-refractivity contribution in [3.8, 4) is 0 Å². The summed E-state index contributed by atoms with van der Waals surface area (Å²) in [5.41, 5.74) is 1.01. The number of aliphatic hydroxyl groups is 1. The van der Waals surface area contributed by atoms with E-state index in [0.29, 0.717) is 34.6 Å². The molecule has 0 unspecified atom stereocenters. The minimum atomic E-state index is -0.348. The highest BCUT2D eigenvalue weighted by atomic mass is 35.5.